The number of benzene rings is 3. The first kappa shape index (κ1) is 32.2. The van der Waals surface area contributed by atoms with Crippen molar-refractivity contribution < 1.29 is 23.9 Å². The van der Waals surface area contributed by atoms with Crippen molar-refractivity contribution in [3.05, 3.63) is 89.2 Å². The van der Waals surface area contributed by atoms with E-state index in [4.69, 9.17) is 0 Å². The summed E-state index contributed by atoms with van der Waals surface area (Å²) in [5.41, 5.74) is 3.93. The molecule has 0 saturated carbocycles. The quantitative estimate of drug-likeness (QED) is 0.259. The Morgan fingerprint density at radius 1 is 1.07 bits per heavy atom. The summed E-state index contributed by atoms with van der Waals surface area (Å²) in [6.07, 6.45) is -0.637. The molecule has 4 N–H and O–H groups in total. The van der Waals surface area contributed by atoms with E-state index in [0.29, 0.717) is 17.0 Å². The van der Waals surface area contributed by atoms with Gasteiger partial charge in [0.1, 0.15) is 5.82 Å². The Balaban J connectivity index is 1.57. The van der Waals surface area contributed by atoms with Crippen LogP contribution in [-0.2, 0) is 22.7 Å². The van der Waals surface area contributed by atoms with E-state index in [2.05, 4.69) is 16.0 Å². The van der Waals surface area contributed by atoms with Gasteiger partial charge in [-0.2, -0.15) is 0 Å². The van der Waals surface area contributed by atoms with Crippen LogP contribution in [0.2, 0.25) is 0 Å². The van der Waals surface area contributed by atoms with Crippen LogP contribution in [0.5, 0.6) is 0 Å². The fraction of sp³-hybridized carbons (Fsp3) is 0.364. The van der Waals surface area contributed by atoms with Gasteiger partial charge in [0.15, 0.2) is 5.37 Å². The molecule has 4 rings (SSSR count). The summed E-state index contributed by atoms with van der Waals surface area (Å²) in [4.78, 5) is 42.0. The lowest BCUT2D eigenvalue weighted by atomic mass is 9.98. The normalized spacial score (nSPS) is 16.3. The van der Waals surface area contributed by atoms with Gasteiger partial charge in [0.2, 0.25) is 5.91 Å². The highest BCUT2D eigenvalue weighted by atomic mass is 32.2. The molecule has 3 aromatic rings. The third kappa shape index (κ3) is 8.22. The van der Waals surface area contributed by atoms with Crippen LogP contribution >= 0.6 is 11.8 Å². The summed E-state index contributed by atoms with van der Waals surface area (Å²) >= 11 is 1.13. The summed E-state index contributed by atoms with van der Waals surface area (Å²) in [7, 11) is 0. The molecule has 0 aliphatic carbocycles. The van der Waals surface area contributed by atoms with Crippen molar-refractivity contribution in [1.29, 1.82) is 0 Å². The minimum atomic E-state index is -0.964. The van der Waals surface area contributed by atoms with Crippen molar-refractivity contribution in [2.75, 3.05) is 13.1 Å². The smallest absolute Gasteiger partial charge is 0.256 e. The van der Waals surface area contributed by atoms with Crippen LogP contribution in [0, 0.1) is 11.7 Å². The molecule has 0 aromatic heterocycles. The summed E-state index contributed by atoms with van der Waals surface area (Å²) in [5, 5.41) is 17.5. The summed E-state index contributed by atoms with van der Waals surface area (Å²) in [6.45, 7) is 8.56. The lowest BCUT2D eigenvalue weighted by molar-refractivity contribution is -0.135. The van der Waals surface area contributed by atoms with E-state index in [1.165, 1.54) is 12.1 Å². The van der Waals surface area contributed by atoms with Gasteiger partial charge in [0.25, 0.3) is 11.8 Å². The molecule has 0 saturated heterocycles. The van der Waals surface area contributed by atoms with Crippen LogP contribution in [0.15, 0.2) is 71.6 Å². The van der Waals surface area contributed by atoms with Gasteiger partial charge >= 0.3 is 0 Å². The van der Waals surface area contributed by atoms with Crippen molar-refractivity contribution >= 4 is 29.5 Å². The SMILES string of the molecule is CCNC(=O)c1ccccc1-c1ccc(CN2Cc3ccc(F)cc3S[C@@H](NC(=O)C(NC[C@@H](C)O)C(C)C)C2=O)cc1. The maximum absolute atomic E-state index is 14.2. The van der Waals surface area contributed by atoms with Gasteiger partial charge in [0.05, 0.1) is 12.1 Å². The van der Waals surface area contributed by atoms with E-state index >= 15 is 0 Å². The molecule has 1 aliphatic heterocycles. The Kier molecular flexibility index (Phi) is 11.0. The highest BCUT2D eigenvalue weighted by Gasteiger charge is 2.34. The molecule has 0 fully saturated rings. The molecule has 0 bridgehead atoms. The second-order valence-corrected chi connectivity index (χ2v) is 12.2. The number of carbonyl (C=O) groups is 3. The van der Waals surface area contributed by atoms with Crippen LogP contribution in [0.25, 0.3) is 11.1 Å². The van der Waals surface area contributed by atoms with E-state index in [-0.39, 0.29) is 43.3 Å². The number of carbonyl (C=O) groups excluding carboxylic acids is 3. The fourth-order valence-electron chi connectivity index (χ4n) is 4.97. The third-order valence-electron chi connectivity index (χ3n) is 7.17. The Hall–Kier alpha value is -3.73. The van der Waals surface area contributed by atoms with Crippen molar-refractivity contribution in [2.45, 2.75) is 63.2 Å². The van der Waals surface area contributed by atoms with Crippen molar-refractivity contribution in [2.24, 2.45) is 5.92 Å². The molecule has 3 aromatic carbocycles. The number of nitrogens with zero attached hydrogens (tertiary/aromatic N) is 1. The second kappa shape index (κ2) is 14.6. The van der Waals surface area contributed by atoms with Crippen LogP contribution < -0.4 is 16.0 Å². The number of hydrogen-bond donors (Lipinski definition) is 4. The molecule has 1 unspecified atom stereocenters. The minimum absolute atomic E-state index is 0.0952. The Bertz CT molecular complexity index is 1450. The first-order valence-corrected chi connectivity index (χ1v) is 15.4. The highest BCUT2D eigenvalue weighted by Crippen LogP contribution is 2.33. The van der Waals surface area contributed by atoms with Crippen LogP contribution in [-0.4, -0.2) is 58.3 Å². The highest BCUT2D eigenvalue weighted by molar-refractivity contribution is 8.00. The number of rotatable bonds is 11. The molecule has 43 heavy (non-hydrogen) atoms. The zero-order chi connectivity index (χ0) is 31.1. The largest absolute Gasteiger partial charge is 0.392 e. The van der Waals surface area contributed by atoms with Crippen LogP contribution in [0.3, 0.4) is 0 Å². The third-order valence-corrected chi connectivity index (χ3v) is 8.36. The van der Waals surface area contributed by atoms with Gasteiger partial charge in [-0.05, 0) is 60.2 Å². The number of nitrogens with one attached hydrogen (secondary N) is 3. The van der Waals surface area contributed by atoms with E-state index in [1.54, 1.807) is 24.0 Å². The maximum atomic E-state index is 14.2. The number of amides is 3. The molecule has 0 spiro atoms. The molecule has 228 valence electrons. The average Bonchev–Trinajstić information content (AvgIpc) is 3.09. The maximum Gasteiger partial charge on any atom is 0.256 e. The van der Waals surface area contributed by atoms with Crippen LogP contribution in [0.4, 0.5) is 4.39 Å². The second-order valence-electron chi connectivity index (χ2n) is 11.0. The summed E-state index contributed by atoms with van der Waals surface area (Å²) in [6, 6.07) is 18.9. The van der Waals surface area contributed by atoms with E-state index in [0.717, 1.165) is 34.0 Å². The number of thioether (sulfide) groups is 1. The average molecular weight is 607 g/mol. The van der Waals surface area contributed by atoms with Gasteiger partial charge in [0, 0.05) is 36.6 Å². The predicted octanol–water partition coefficient (Wildman–Crippen LogP) is 4.31. The molecule has 8 nitrogen and oxygen atoms in total. The zero-order valence-electron chi connectivity index (χ0n) is 24.9. The molecule has 1 heterocycles. The van der Waals surface area contributed by atoms with Crippen LogP contribution in [0.1, 0.15) is 49.2 Å². The van der Waals surface area contributed by atoms with Gasteiger partial charge in [-0.25, -0.2) is 4.39 Å². The minimum Gasteiger partial charge on any atom is -0.392 e. The lowest BCUT2D eigenvalue weighted by Crippen LogP contribution is -2.54. The topological polar surface area (TPSA) is 111 Å². The molecule has 3 atom stereocenters. The van der Waals surface area contributed by atoms with Gasteiger partial charge in [-0.15, -0.1) is 0 Å². The number of halogens is 1. The van der Waals surface area contributed by atoms with E-state index in [9.17, 15) is 23.9 Å². The summed E-state index contributed by atoms with van der Waals surface area (Å²) < 4.78 is 14.2. The summed E-state index contributed by atoms with van der Waals surface area (Å²) in [5.74, 6) is -1.31. The van der Waals surface area contributed by atoms with E-state index < -0.39 is 23.3 Å². The number of fused-ring (bicyclic) bond motifs is 1. The fourth-order valence-corrected chi connectivity index (χ4v) is 6.11. The lowest BCUT2D eigenvalue weighted by Gasteiger charge is -2.27. The van der Waals surface area contributed by atoms with Gasteiger partial charge in [-0.1, -0.05) is 74.1 Å². The molecule has 10 heteroatoms. The first-order chi connectivity index (χ1) is 20.6. The zero-order valence-corrected chi connectivity index (χ0v) is 25.7. The van der Waals surface area contributed by atoms with Gasteiger partial charge < -0.3 is 26.0 Å². The standard InChI is InChI=1S/C33H39FN4O4S/c1-5-35-30(40)27-9-7-6-8-26(27)23-12-10-22(11-13-23)18-38-19-24-14-15-25(34)16-28(24)43-32(33(38)42)37-31(41)29(20(2)3)36-17-21(4)39/h6-16,20-21,29,32,36,39H,5,17-19H2,1-4H3,(H,35,40)(H,37,41)/t21-,29?,32-/m1/s1. The Labute approximate surface area is 256 Å². The molecule has 1 aliphatic rings. The monoisotopic (exact) mass is 606 g/mol. The van der Waals surface area contributed by atoms with Gasteiger partial charge in [-0.3, -0.25) is 14.4 Å². The molecule has 3 amide bonds. The first-order valence-electron chi connectivity index (χ1n) is 14.5. The number of hydrogen-bond acceptors (Lipinski definition) is 6. The van der Waals surface area contributed by atoms with E-state index in [1.807, 2.05) is 63.2 Å². The molecular formula is C33H39FN4O4S. The molecule has 0 radical (unpaired) electrons. The van der Waals surface area contributed by atoms with Crippen molar-refractivity contribution in [1.82, 2.24) is 20.9 Å². The number of aliphatic hydroxyl groups is 1. The van der Waals surface area contributed by atoms with Crippen molar-refractivity contribution in [3.63, 3.8) is 0 Å². The van der Waals surface area contributed by atoms with Crippen molar-refractivity contribution in [3.8, 4) is 11.1 Å². The Morgan fingerprint density at radius 2 is 1.79 bits per heavy atom. The number of aliphatic hydroxyl groups excluding tert-OH is 1. The Morgan fingerprint density at radius 3 is 2.47 bits per heavy atom. The molecular weight excluding hydrogens is 567 g/mol. The predicted molar refractivity (Wildman–Crippen MR) is 167 cm³/mol.